The monoisotopic (exact) mass is 639 g/mol. The average molecular weight is 640 g/mol. The van der Waals surface area contributed by atoms with Crippen LogP contribution in [0.25, 0.3) is 11.3 Å². The molecule has 0 saturated carbocycles. The number of carbonyl (C=O) groups is 2. The lowest BCUT2D eigenvalue weighted by Crippen LogP contribution is -2.20. The molecule has 228 valence electrons. The van der Waals surface area contributed by atoms with Crippen LogP contribution in [-0.4, -0.2) is 36.2 Å². The normalized spacial score (nSPS) is 10.8. The van der Waals surface area contributed by atoms with Crippen molar-refractivity contribution in [1.82, 2.24) is 10.4 Å². The first kappa shape index (κ1) is 31.2. The third-order valence-corrected chi connectivity index (χ3v) is 7.40. The van der Waals surface area contributed by atoms with Crippen molar-refractivity contribution in [2.75, 3.05) is 23.8 Å². The summed E-state index contributed by atoms with van der Waals surface area (Å²) in [5.74, 6) is -0.132. The zero-order valence-corrected chi connectivity index (χ0v) is 26.1. The van der Waals surface area contributed by atoms with Gasteiger partial charge in [0.15, 0.2) is 23.2 Å². The maximum Gasteiger partial charge on any atom is 0.271 e. The standard InChI is InChI=1S/C34H30ClN5O4S/c1-3-43-30-18-23(17-28(35)32(30)44-20-31(41)37-26-7-5-4-6-8-26)19-36-40-33(42)25-13-11-24(12-14-25)29-21-45-34(39-29)38-27-15-9-22(2)10-16-27/h4-19,21H,3,20H2,1-2H3,(H,37,41)(H,38,39)(H,40,42)/b36-19+. The zero-order valence-electron chi connectivity index (χ0n) is 24.5. The molecule has 0 bridgehead atoms. The molecule has 0 atom stereocenters. The predicted molar refractivity (Wildman–Crippen MR) is 180 cm³/mol. The lowest BCUT2D eigenvalue weighted by molar-refractivity contribution is -0.118. The molecule has 3 N–H and O–H groups in total. The minimum Gasteiger partial charge on any atom is -0.490 e. The summed E-state index contributed by atoms with van der Waals surface area (Å²) >= 11 is 7.98. The van der Waals surface area contributed by atoms with Gasteiger partial charge in [-0.05, 0) is 67.9 Å². The molecule has 0 unspecified atom stereocenters. The van der Waals surface area contributed by atoms with E-state index in [1.54, 1.807) is 36.4 Å². The highest BCUT2D eigenvalue weighted by Gasteiger charge is 2.15. The van der Waals surface area contributed by atoms with Crippen LogP contribution >= 0.6 is 22.9 Å². The van der Waals surface area contributed by atoms with Gasteiger partial charge in [-0.2, -0.15) is 5.10 Å². The molecule has 1 aromatic heterocycles. The number of benzene rings is 4. The van der Waals surface area contributed by atoms with E-state index in [4.69, 9.17) is 21.1 Å². The summed E-state index contributed by atoms with van der Waals surface area (Å²) in [6, 6.07) is 27.6. The predicted octanol–water partition coefficient (Wildman–Crippen LogP) is 7.70. The van der Waals surface area contributed by atoms with E-state index < -0.39 is 0 Å². The number of halogens is 1. The van der Waals surface area contributed by atoms with Gasteiger partial charge in [0.2, 0.25) is 0 Å². The number of para-hydroxylation sites is 1. The number of ether oxygens (including phenoxy) is 2. The van der Waals surface area contributed by atoms with E-state index >= 15 is 0 Å². The quantitative estimate of drug-likeness (QED) is 0.0952. The number of rotatable bonds is 12. The number of hydrogen-bond donors (Lipinski definition) is 3. The van der Waals surface area contributed by atoms with Crippen LogP contribution in [0.1, 0.15) is 28.4 Å². The van der Waals surface area contributed by atoms with Crippen molar-refractivity contribution in [2.45, 2.75) is 13.8 Å². The molecular formula is C34H30ClN5O4S. The van der Waals surface area contributed by atoms with Crippen molar-refractivity contribution in [3.63, 3.8) is 0 Å². The largest absolute Gasteiger partial charge is 0.490 e. The van der Waals surface area contributed by atoms with Gasteiger partial charge in [0.1, 0.15) is 0 Å². The Labute approximate surface area is 269 Å². The number of hydrazone groups is 1. The summed E-state index contributed by atoms with van der Waals surface area (Å²) in [6.07, 6.45) is 1.45. The second kappa shape index (κ2) is 15.0. The lowest BCUT2D eigenvalue weighted by atomic mass is 10.1. The Bertz CT molecular complexity index is 1790. The number of aromatic nitrogens is 1. The fraction of sp³-hybridized carbons (Fsp3) is 0.118. The molecule has 2 amide bonds. The maximum atomic E-state index is 12.7. The Morgan fingerprint density at radius 1 is 0.956 bits per heavy atom. The molecule has 9 nitrogen and oxygen atoms in total. The molecule has 1 heterocycles. The van der Waals surface area contributed by atoms with Crippen LogP contribution in [0.4, 0.5) is 16.5 Å². The van der Waals surface area contributed by atoms with Gasteiger partial charge in [0, 0.05) is 27.9 Å². The van der Waals surface area contributed by atoms with E-state index in [1.165, 1.54) is 23.1 Å². The highest BCUT2D eigenvalue weighted by atomic mass is 35.5. The molecule has 4 aromatic carbocycles. The van der Waals surface area contributed by atoms with Crippen LogP contribution in [0.2, 0.25) is 5.02 Å². The highest BCUT2D eigenvalue weighted by molar-refractivity contribution is 7.14. The minimum absolute atomic E-state index is 0.232. The average Bonchev–Trinajstić information content (AvgIpc) is 3.51. The van der Waals surface area contributed by atoms with Gasteiger partial charge in [0.25, 0.3) is 11.8 Å². The lowest BCUT2D eigenvalue weighted by Gasteiger charge is -2.14. The second-order valence-corrected chi connectivity index (χ2v) is 11.0. The van der Waals surface area contributed by atoms with Gasteiger partial charge in [-0.25, -0.2) is 10.4 Å². The number of thiazole rings is 1. The SMILES string of the molecule is CCOc1cc(/C=N/NC(=O)c2ccc(-c3csc(Nc4ccc(C)cc4)n3)cc2)cc(Cl)c1OCC(=O)Nc1ccccc1. The highest BCUT2D eigenvalue weighted by Crippen LogP contribution is 2.36. The van der Waals surface area contributed by atoms with Crippen molar-refractivity contribution in [3.05, 3.63) is 118 Å². The van der Waals surface area contributed by atoms with E-state index in [-0.39, 0.29) is 29.2 Å². The van der Waals surface area contributed by atoms with Crippen LogP contribution in [0, 0.1) is 6.92 Å². The van der Waals surface area contributed by atoms with Gasteiger partial charge >= 0.3 is 0 Å². The van der Waals surface area contributed by atoms with Crippen LogP contribution in [0.5, 0.6) is 11.5 Å². The number of hydrogen-bond acceptors (Lipinski definition) is 8. The van der Waals surface area contributed by atoms with Gasteiger partial charge in [0.05, 0.1) is 23.5 Å². The molecule has 11 heteroatoms. The first-order chi connectivity index (χ1) is 21.9. The van der Waals surface area contributed by atoms with E-state index in [0.29, 0.717) is 29.2 Å². The minimum atomic E-state index is -0.377. The summed E-state index contributed by atoms with van der Waals surface area (Å²) in [6.45, 7) is 3.96. The van der Waals surface area contributed by atoms with Crippen LogP contribution in [0.15, 0.2) is 101 Å². The van der Waals surface area contributed by atoms with Crippen LogP contribution < -0.4 is 25.5 Å². The zero-order chi connectivity index (χ0) is 31.6. The van der Waals surface area contributed by atoms with Gasteiger partial charge in [-0.3, -0.25) is 9.59 Å². The maximum absolute atomic E-state index is 12.7. The number of anilines is 3. The van der Waals surface area contributed by atoms with Crippen molar-refractivity contribution in [3.8, 4) is 22.8 Å². The van der Waals surface area contributed by atoms with Crippen molar-refractivity contribution in [2.24, 2.45) is 5.10 Å². The molecule has 5 rings (SSSR count). The van der Waals surface area contributed by atoms with Crippen molar-refractivity contribution < 1.29 is 19.1 Å². The smallest absolute Gasteiger partial charge is 0.271 e. The number of carbonyl (C=O) groups excluding carboxylic acids is 2. The second-order valence-electron chi connectivity index (χ2n) is 9.77. The topological polar surface area (TPSA) is 114 Å². The summed E-state index contributed by atoms with van der Waals surface area (Å²) in [5, 5.41) is 13.1. The van der Waals surface area contributed by atoms with Crippen molar-refractivity contribution in [1.29, 1.82) is 0 Å². The first-order valence-corrected chi connectivity index (χ1v) is 15.3. The molecule has 0 aliphatic heterocycles. The Morgan fingerprint density at radius 2 is 1.71 bits per heavy atom. The molecule has 0 aliphatic carbocycles. The number of aryl methyl sites for hydroxylation is 1. The number of nitrogens with zero attached hydrogens (tertiary/aromatic N) is 2. The van der Waals surface area contributed by atoms with E-state index in [2.05, 4.69) is 26.1 Å². The molecule has 0 radical (unpaired) electrons. The number of nitrogens with one attached hydrogen (secondary N) is 3. The first-order valence-electron chi connectivity index (χ1n) is 14.0. The molecule has 0 spiro atoms. The summed E-state index contributed by atoms with van der Waals surface area (Å²) < 4.78 is 11.4. The fourth-order valence-electron chi connectivity index (χ4n) is 4.17. The molecule has 0 fully saturated rings. The van der Waals surface area contributed by atoms with Crippen molar-refractivity contribution >= 4 is 57.5 Å². The Hall–Kier alpha value is -5.19. The summed E-state index contributed by atoms with van der Waals surface area (Å²) in [5.41, 5.74) is 8.06. The molecule has 45 heavy (non-hydrogen) atoms. The fourth-order valence-corrected chi connectivity index (χ4v) is 5.18. The third-order valence-electron chi connectivity index (χ3n) is 6.37. The van der Waals surface area contributed by atoms with E-state index in [1.807, 2.05) is 73.8 Å². The van der Waals surface area contributed by atoms with Gasteiger partial charge < -0.3 is 20.1 Å². The molecule has 0 saturated heterocycles. The summed E-state index contributed by atoms with van der Waals surface area (Å²) in [7, 11) is 0. The third kappa shape index (κ3) is 8.69. The van der Waals surface area contributed by atoms with E-state index in [9.17, 15) is 9.59 Å². The Kier molecular flexibility index (Phi) is 10.4. The van der Waals surface area contributed by atoms with Gasteiger partial charge in [-0.15, -0.1) is 11.3 Å². The molecular weight excluding hydrogens is 610 g/mol. The Morgan fingerprint density at radius 3 is 2.44 bits per heavy atom. The van der Waals surface area contributed by atoms with Gasteiger partial charge in [-0.1, -0.05) is 59.6 Å². The summed E-state index contributed by atoms with van der Waals surface area (Å²) in [4.78, 5) is 29.7. The Balaban J connectivity index is 1.17. The molecule has 0 aliphatic rings. The molecule has 5 aromatic rings. The van der Waals surface area contributed by atoms with Crippen LogP contribution in [0.3, 0.4) is 0 Å². The number of amides is 2. The van der Waals surface area contributed by atoms with Crippen LogP contribution in [-0.2, 0) is 4.79 Å². The van der Waals surface area contributed by atoms with E-state index in [0.717, 1.165) is 22.1 Å².